The van der Waals surface area contributed by atoms with Gasteiger partial charge in [-0.05, 0) is 50.4 Å². The molecule has 1 aliphatic carbocycles. The summed E-state index contributed by atoms with van der Waals surface area (Å²) in [5, 5.41) is 3.63. The molecule has 0 saturated heterocycles. The molecule has 0 aliphatic heterocycles. The van der Waals surface area contributed by atoms with Crippen LogP contribution in [0, 0.1) is 5.92 Å². The standard InChI is InChI=1S/C17H25N3/c1-2-7-15(8-3-1)13-18-11-6-12-20-14-19-16-9-4-5-10-17(16)20/h4-5,9-10,14-15,18H,1-3,6-8,11-13H2. The molecule has 1 aliphatic rings. The van der Waals surface area contributed by atoms with Crippen molar-refractivity contribution in [1.29, 1.82) is 0 Å². The Morgan fingerprint density at radius 3 is 2.90 bits per heavy atom. The molecule has 3 heteroatoms. The SMILES string of the molecule is c1ccc2c(c1)ncn2CCCNCC1CCCCC1. The molecule has 1 fully saturated rings. The van der Waals surface area contributed by atoms with Crippen LogP contribution in [0.5, 0.6) is 0 Å². The van der Waals surface area contributed by atoms with Crippen molar-refractivity contribution in [3.05, 3.63) is 30.6 Å². The van der Waals surface area contributed by atoms with Crippen molar-refractivity contribution in [2.75, 3.05) is 13.1 Å². The van der Waals surface area contributed by atoms with Crippen LogP contribution in [0.1, 0.15) is 38.5 Å². The molecule has 1 heterocycles. The highest BCUT2D eigenvalue weighted by atomic mass is 15.0. The lowest BCUT2D eigenvalue weighted by molar-refractivity contribution is 0.341. The van der Waals surface area contributed by atoms with Gasteiger partial charge < -0.3 is 9.88 Å². The molecule has 1 aromatic carbocycles. The van der Waals surface area contributed by atoms with Gasteiger partial charge in [0.05, 0.1) is 17.4 Å². The van der Waals surface area contributed by atoms with E-state index in [1.807, 2.05) is 12.4 Å². The van der Waals surface area contributed by atoms with E-state index in [9.17, 15) is 0 Å². The molecule has 0 bridgehead atoms. The van der Waals surface area contributed by atoms with Gasteiger partial charge in [0.2, 0.25) is 0 Å². The first-order chi connectivity index (χ1) is 9.93. The largest absolute Gasteiger partial charge is 0.331 e. The lowest BCUT2D eigenvalue weighted by Crippen LogP contribution is -2.25. The Hall–Kier alpha value is -1.35. The maximum atomic E-state index is 4.43. The van der Waals surface area contributed by atoms with Crippen molar-refractivity contribution in [2.45, 2.75) is 45.1 Å². The maximum Gasteiger partial charge on any atom is 0.0958 e. The average Bonchev–Trinajstić information content (AvgIpc) is 2.91. The van der Waals surface area contributed by atoms with Crippen molar-refractivity contribution >= 4 is 11.0 Å². The number of hydrogen-bond acceptors (Lipinski definition) is 2. The fraction of sp³-hybridized carbons (Fsp3) is 0.588. The summed E-state index contributed by atoms with van der Waals surface area (Å²) in [7, 11) is 0. The van der Waals surface area contributed by atoms with E-state index < -0.39 is 0 Å². The molecule has 0 atom stereocenters. The third-order valence-corrected chi connectivity index (χ3v) is 4.44. The molecule has 0 radical (unpaired) electrons. The van der Waals surface area contributed by atoms with Crippen LogP contribution in [0.4, 0.5) is 0 Å². The molecule has 1 aromatic heterocycles. The van der Waals surface area contributed by atoms with Crippen LogP contribution in [0.15, 0.2) is 30.6 Å². The zero-order valence-corrected chi connectivity index (χ0v) is 12.2. The van der Waals surface area contributed by atoms with E-state index in [0.717, 1.165) is 24.5 Å². The third kappa shape index (κ3) is 3.40. The number of hydrogen-bond donors (Lipinski definition) is 1. The first kappa shape index (κ1) is 13.6. The molecule has 108 valence electrons. The van der Waals surface area contributed by atoms with Crippen LogP contribution in [0.2, 0.25) is 0 Å². The second kappa shape index (κ2) is 6.89. The van der Waals surface area contributed by atoms with Crippen LogP contribution < -0.4 is 5.32 Å². The van der Waals surface area contributed by atoms with Gasteiger partial charge in [0, 0.05) is 6.54 Å². The van der Waals surface area contributed by atoms with Gasteiger partial charge in [-0.1, -0.05) is 31.4 Å². The number of benzene rings is 1. The predicted molar refractivity (Wildman–Crippen MR) is 83.8 cm³/mol. The lowest BCUT2D eigenvalue weighted by atomic mass is 9.89. The van der Waals surface area contributed by atoms with E-state index in [0.29, 0.717) is 0 Å². The van der Waals surface area contributed by atoms with Crippen molar-refractivity contribution in [2.24, 2.45) is 5.92 Å². The Bertz CT molecular complexity index is 526. The summed E-state index contributed by atoms with van der Waals surface area (Å²) in [5.74, 6) is 0.929. The van der Waals surface area contributed by atoms with E-state index in [1.54, 1.807) is 0 Å². The van der Waals surface area contributed by atoms with Gasteiger partial charge in [0.15, 0.2) is 0 Å². The summed E-state index contributed by atoms with van der Waals surface area (Å²) in [6.07, 6.45) is 10.3. The van der Waals surface area contributed by atoms with E-state index in [-0.39, 0.29) is 0 Å². The molecule has 2 aromatic rings. The number of para-hydroxylation sites is 2. The molecule has 1 N–H and O–H groups in total. The summed E-state index contributed by atoms with van der Waals surface area (Å²) >= 11 is 0. The number of aryl methyl sites for hydroxylation is 1. The molecular formula is C17H25N3. The fourth-order valence-corrected chi connectivity index (χ4v) is 3.26. The smallest absolute Gasteiger partial charge is 0.0958 e. The molecular weight excluding hydrogens is 246 g/mol. The van der Waals surface area contributed by atoms with Gasteiger partial charge in [-0.15, -0.1) is 0 Å². The predicted octanol–water partition coefficient (Wildman–Crippen LogP) is 3.60. The Labute approximate surface area is 121 Å². The minimum Gasteiger partial charge on any atom is -0.331 e. The summed E-state index contributed by atoms with van der Waals surface area (Å²) < 4.78 is 2.26. The highest BCUT2D eigenvalue weighted by Crippen LogP contribution is 2.22. The third-order valence-electron chi connectivity index (χ3n) is 4.44. The van der Waals surface area contributed by atoms with Crippen molar-refractivity contribution < 1.29 is 0 Å². The summed E-state index contributed by atoms with van der Waals surface area (Å²) in [6.45, 7) is 3.38. The van der Waals surface area contributed by atoms with Gasteiger partial charge >= 0.3 is 0 Å². The normalized spacial score (nSPS) is 16.8. The molecule has 0 amide bonds. The average molecular weight is 271 g/mol. The summed E-state index contributed by atoms with van der Waals surface area (Å²) in [4.78, 5) is 4.43. The quantitative estimate of drug-likeness (QED) is 0.814. The van der Waals surface area contributed by atoms with Crippen LogP contribution in [0.25, 0.3) is 11.0 Å². The highest BCUT2D eigenvalue weighted by molar-refractivity contribution is 5.74. The number of fused-ring (bicyclic) bond motifs is 1. The molecule has 3 rings (SSSR count). The van der Waals surface area contributed by atoms with Crippen LogP contribution >= 0.6 is 0 Å². The van der Waals surface area contributed by atoms with Gasteiger partial charge in [0.1, 0.15) is 0 Å². The number of rotatable bonds is 6. The van der Waals surface area contributed by atoms with Gasteiger partial charge in [-0.25, -0.2) is 4.98 Å². The van der Waals surface area contributed by atoms with Crippen molar-refractivity contribution in [3.63, 3.8) is 0 Å². The summed E-state index contributed by atoms with van der Waals surface area (Å²) in [5.41, 5.74) is 2.35. The number of nitrogens with zero attached hydrogens (tertiary/aromatic N) is 2. The second-order valence-electron chi connectivity index (χ2n) is 5.99. The first-order valence-electron chi connectivity index (χ1n) is 8.04. The molecule has 1 saturated carbocycles. The fourth-order valence-electron chi connectivity index (χ4n) is 3.26. The topological polar surface area (TPSA) is 29.9 Å². The number of aromatic nitrogens is 2. The lowest BCUT2D eigenvalue weighted by Gasteiger charge is -2.21. The van der Waals surface area contributed by atoms with Crippen LogP contribution in [-0.2, 0) is 6.54 Å². The Kier molecular flexibility index (Phi) is 4.69. The Balaban J connectivity index is 1.39. The molecule has 20 heavy (non-hydrogen) atoms. The van der Waals surface area contributed by atoms with Crippen LogP contribution in [0.3, 0.4) is 0 Å². The minimum absolute atomic E-state index is 0.929. The second-order valence-corrected chi connectivity index (χ2v) is 5.99. The van der Waals surface area contributed by atoms with Crippen LogP contribution in [-0.4, -0.2) is 22.6 Å². The van der Waals surface area contributed by atoms with Gasteiger partial charge in [-0.3, -0.25) is 0 Å². The number of imidazole rings is 1. The highest BCUT2D eigenvalue weighted by Gasteiger charge is 2.12. The Morgan fingerprint density at radius 2 is 2.00 bits per heavy atom. The van der Waals surface area contributed by atoms with Gasteiger partial charge in [-0.2, -0.15) is 0 Å². The minimum atomic E-state index is 0.929. The van der Waals surface area contributed by atoms with Crippen molar-refractivity contribution in [1.82, 2.24) is 14.9 Å². The molecule has 0 unspecified atom stereocenters. The molecule has 3 nitrogen and oxygen atoms in total. The molecule has 0 spiro atoms. The monoisotopic (exact) mass is 271 g/mol. The first-order valence-corrected chi connectivity index (χ1v) is 8.04. The van der Waals surface area contributed by atoms with E-state index in [2.05, 4.69) is 33.1 Å². The van der Waals surface area contributed by atoms with E-state index in [1.165, 1.54) is 50.6 Å². The van der Waals surface area contributed by atoms with E-state index in [4.69, 9.17) is 0 Å². The van der Waals surface area contributed by atoms with E-state index >= 15 is 0 Å². The summed E-state index contributed by atoms with van der Waals surface area (Å²) in [6, 6.07) is 8.36. The maximum absolute atomic E-state index is 4.43. The number of nitrogens with one attached hydrogen (secondary N) is 1. The zero-order valence-electron chi connectivity index (χ0n) is 12.2. The van der Waals surface area contributed by atoms with Crippen molar-refractivity contribution in [3.8, 4) is 0 Å². The Morgan fingerprint density at radius 1 is 1.15 bits per heavy atom. The zero-order chi connectivity index (χ0) is 13.6. The van der Waals surface area contributed by atoms with Gasteiger partial charge in [0.25, 0.3) is 0 Å².